The van der Waals surface area contributed by atoms with Crippen LogP contribution in [0, 0.1) is 5.92 Å². The molecule has 2 aliphatic heterocycles. The van der Waals surface area contributed by atoms with Crippen molar-refractivity contribution in [2.24, 2.45) is 5.92 Å². The second kappa shape index (κ2) is 6.02. The van der Waals surface area contributed by atoms with Gasteiger partial charge in [-0.3, -0.25) is 4.79 Å². The molecule has 0 unspecified atom stereocenters. The van der Waals surface area contributed by atoms with E-state index in [0.717, 1.165) is 42.1 Å². The maximum atomic E-state index is 12.4. The van der Waals surface area contributed by atoms with Gasteiger partial charge >= 0.3 is 5.97 Å². The first kappa shape index (κ1) is 15.3. The summed E-state index contributed by atoms with van der Waals surface area (Å²) in [5.74, 6) is 1.15. The fraction of sp³-hybridized carbons (Fsp3) is 0.316. The molecule has 0 bridgehead atoms. The van der Waals surface area contributed by atoms with Crippen LogP contribution in [0.15, 0.2) is 42.5 Å². The summed E-state index contributed by atoms with van der Waals surface area (Å²) < 4.78 is 11.2. The predicted molar refractivity (Wildman–Crippen MR) is 92.8 cm³/mol. The summed E-state index contributed by atoms with van der Waals surface area (Å²) >= 11 is 6.22. The quantitative estimate of drug-likeness (QED) is 0.711. The summed E-state index contributed by atoms with van der Waals surface area (Å²) in [7, 11) is 1.45. The number of ether oxygens (including phenoxy) is 2. The van der Waals surface area contributed by atoms with E-state index in [1.807, 2.05) is 42.5 Å². The van der Waals surface area contributed by atoms with E-state index >= 15 is 0 Å². The summed E-state index contributed by atoms with van der Waals surface area (Å²) in [5, 5.41) is 0.655. The van der Waals surface area contributed by atoms with Crippen LogP contribution in [-0.4, -0.2) is 19.6 Å². The molecule has 0 radical (unpaired) electrons. The number of anilines is 1. The van der Waals surface area contributed by atoms with Crippen molar-refractivity contribution >= 4 is 23.3 Å². The van der Waals surface area contributed by atoms with Gasteiger partial charge in [0.2, 0.25) is 0 Å². The second-order valence-corrected chi connectivity index (χ2v) is 6.60. The molecule has 2 aromatic rings. The lowest BCUT2D eigenvalue weighted by molar-refractivity contribution is -0.147. The van der Waals surface area contributed by atoms with E-state index in [-0.39, 0.29) is 17.9 Å². The topological polar surface area (TPSA) is 38.8 Å². The minimum atomic E-state index is -0.224. The summed E-state index contributed by atoms with van der Waals surface area (Å²) in [5.41, 5.74) is 1.94. The fourth-order valence-electron chi connectivity index (χ4n) is 3.79. The number of piperidine rings is 1. The van der Waals surface area contributed by atoms with Gasteiger partial charge in [-0.05, 0) is 37.1 Å². The Labute approximate surface area is 145 Å². The Balaban J connectivity index is 1.92. The highest BCUT2D eigenvalue weighted by Crippen LogP contribution is 2.50. The van der Waals surface area contributed by atoms with Crippen molar-refractivity contribution in [3.05, 3.63) is 53.1 Å². The first-order valence-corrected chi connectivity index (χ1v) is 8.47. The number of rotatable bonds is 1. The van der Waals surface area contributed by atoms with E-state index < -0.39 is 0 Å². The minimum absolute atomic E-state index is 0.109. The Hall–Kier alpha value is -2.20. The van der Waals surface area contributed by atoms with E-state index in [0.29, 0.717) is 5.02 Å². The van der Waals surface area contributed by atoms with Crippen LogP contribution >= 0.6 is 11.6 Å². The SMILES string of the molecule is COC(=O)[C@@H]1CCCN2c3cc(Cl)ccc3Oc3ccccc3[C@H]12. The number of benzene rings is 2. The number of carbonyl (C=O) groups excluding carboxylic acids is 1. The van der Waals surface area contributed by atoms with Crippen LogP contribution in [-0.2, 0) is 9.53 Å². The number of methoxy groups -OCH3 is 1. The number of hydrogen-bond acceptors (Lipinski definition) is 4. The van der Waals surface area contributed by atoms with E-state index in [9.17, 15) is 4.79 Å². The van der Waals surface area contributed by atoms with Crippen molar-refractivity contribution in [3.63, 3.8) is 0 Å². The van der Waals surface area contributed by atoms with Crippen molar-refractivity contribution in [1.29, 1.82) is 0 Å². The highest BCUT2D eigenvalue weighted by Gasteiger charge is 2.41. The normalized spacial score (nSPS) is 21.7. The predicted octanol–water partition coefficient (Wildman–Crippen LogP) is 4.58. The molecular weight excluding hydrogens is 326 g/mol. The summed E-state index contributed by atoms with van der Waals surface area (Å²) in [4.78, 5) is 14.6. The highest BCUT2D eigenvalue weighted by molar-refractivity contribution is 6.31. The first-order chi connectivity index (χ1) is 11.7. The van der Waals surface area contributed by atoms with Crippen molar-refractivity contribution in [2.45, 2.75) is 18.9 Å². The van der Waals surface area contributed by atoms with Crippen molar-refractivity contribution in [2.75, 3.05) is 18.6 Å². The van der Waals surface area contributed by atoms with Crippen molar-refractivity contribution < 1.29 is 14.3 Å². The first-order valence-electron chi connectivity index (χ1n) is 8.10. The van der Waals surface area contributed by atoms with Gasteiger partial charge < -0.3 is 14.4 Å². The van der Waals surface area contributed by atoms with Crippen molar-refractivity contribution in [3.8, 4) is 11.5 Å². The third-order valence-electron chi connectivity index (χ3n) is 4.82. The number of fused-ring (bicyclic) bond motifs is 5. The summed E-state index contributed by atoms with van der Waals surface area (Å²) in [6, 6.07) is 13.4. The summed E-state index contributed by atoms with van der Waals surface area (Å²) in [6.45, 7) is 0.850. The third-order valence-corrected chi connectivity index (χ3v) is 5.06. The average Bonchev–Trinajstić information content (AvgIpc) is 2.75. The van der Waals surface area contributed by atoms with Gasteiger partial charge in [-0.2, -0.15) is 0 Å². The standard InChI is InChI=1S/C19H18ClNO3/c1-23-19(22)14-6-4-10-21-15-11-12(20)8-9-17(15)24-16-7-3-2-5-13(16)18(14)21/h2-3,5,7-9,11,14,18H,4,6,10H2,1H3/t14-,18-/m1/s1. The number of halogens is 1. The van der Waals surface area contributed by atoms with Crippen LogP contribution in [0.5, 0.6) is 11.5 Å². The van der Waals surface area contributed by atoms with Gasteiger partial charge in [-0.25, -0.2) is 0 Å². The molecule has 2 atom stereocenters. The molecular formula is C19H18ClNO3. The number of para-hydroxylation sites is 1. The molecule has 2 heterocycles. The van der Waals surface area contributed by atoms with Gasteiger partial charge in [0.05, 0.1) is 24.8 Å². The monoisotopic (exact) mass is 343 g/mol. The minimum Gasteiger partial charge on any atom is -0.469 e. The van der Waals surface area contributed by atoms with Crippen LogP contribution in [0.2, 0.25) is 5.02 Å². The zero-order valence-corrected chi connectivity index (χ0v) is 14.1. The van der Waals surface area contributed by atoms with Gasteiger partial charge in [-0.1, -0.05) is 29.8 Å². The van der Waals surface area contributed by atoms with Crippen LogP contribution < -0.4 is 9.64 Å². The number of esters is 1. The molecule has 1 fully saturated rings. The Morgan fingerprint density at radius 3 is 2.92 bits per heavy atom. The molecule has 1 saturated heterocycles. The zero-order chi connectivity index (χ0) is 16.7. The van der Waals surface area contributed by atoms with Gasteiger partial charge in [0.15, 0.2) is 5.75 Å². The van der Waals surface area contributed by atoms with Crippen LogP contribution in [0.4, 0.5) is 5.69 Å². The largest absolute Gasteiger partial charge is 0.469 e. The molecule has 5 heteroatoms. The van der Waals surface area contributed by atoms with Crippen molar-refractivity contribution in [1.82, 2.24) is 0 Å². The molecule has 4 rings (SSSR count). The van der Waals surface area contributed by atoms with E-state index in [1.54, 1.807) is 0 Å². The lowest BCUT2D eigenvalue weighted by atomic mass is 9.84. The third kappa shape index (κ3) is 2.42. The van der Waals surface area contributed by atoms with E-state index in [2.05, 4.69) is 4.90 Å². The smallest absolute Gasteiger partial charge is 0.311 e. The summed E-state index contributed by atoms with van der Waals surface area (Å²) in [6.07, 6.45) is 1.72. The molecule has 0 amide bonds. The molecule has 2 aromatic carbocycles. The van der Waals surface area contributed by atoms with Gasteiger partial charge in [0.1, 0.15) is 5.75 Å². The maximum Gasteiger partial charge on any atom is 0.311 e. The number of carbonyl (C=O) groups is 1. The van der Waals surface area contributed by atoms with E-state index in [1.165, 1.54) is 7.11 Å². The van der Waals surface area contributed by atoms with Gasteiger partial charge in [-0.15, -0.1) is 0 Å². The maximum absolute atomic E-state index is 12.4. The molecule has 24 heavy (non-hydrogen) atoms. The zero-order valence-electron chi connectivity index (χ0n) is 13.4. The molecule has 0 saturated carbocycles. The van der Waals surface area contributed by atoms with Crippen LogP contribution in [0.3, 0.4) is 0 Å². The lowest BCUT2D eigenvalue weighted by Gasteiger charge is -2.40. The fourth-order valence-corrected chi connectivity index (χ4v) is 3.95. The highest BCUT2D eigenvalue weighted by atomic mass is 35.5. The Morgan fingerprint density at radius 1 is 1.25 bits per heavy atom. The van der Waals surface area contributed by atoms with E-state index in [4.69, 9.17) is 21.1 Å². The van der Waals surface area contributed by atoms with Crippen LogP contribution in [0.1, 0.15) is 24.4 Å². The molecule has 124 valence electrons. The number of nitrogens with zero attached hydrogens (tertiary/aromatic N) is 1. The van der Waals surface area contributed by atoms with Gasteiger partial charge in [0.25, 0.3) is 0 Å². The Morgan fingerprint density at radius 2 is 2.08 bits per heavy atom. The molecule has 2 aliphatic rings. The number of hydrogen-bond donors (Lipinski definition) is 0. The Bertz CT molecular complexity index is 792. The van der Waals surface area contributed by atoms with Gasteiger partial charge in [0, 0.05) is 17.1 Å². The molecule has 0 spiro atoms. The average molecular weight is 344 g/mol. The molecule has 0 aromatic heterocycles. The lowest BCUT2D eigenvalue weighted by Crippen LogP contribution is -2.42. The second-order valence-electron chi connectivity index (χ2n) is 6.16. The Kier molecular flexibility index (Phi) is 3.85. The molecule has 0 N–H and O–H groups in total. The molecule has 0 aliphatic carbocycles. The van der Waals surface area contributed by atoms with Crippen LogP contribution in [0.25, 0.3) is 0 Å². The molecule has 4 nitrogen and oxygen atoms in total.